The summed E-state index contributed by atoms with van der Waals surface area (Å²) in [5.74, 6) is 3.54. The molecule has 1 saturated carbocycles. The number of hydrogen-bond donors (Lipinski definition) is 1. The second kappa shape index (κ2) is 6.41. The molecule has 0 radical (unpaired) electrons. The Morgan fingerprint density at radius 1 is 1.14 bits per heavy atom. The van der Waals surface area contributed by atoms with Gasteiger partial charge in [0.2, 0.25) is 0 Å². The van der Waals surface area contributed by atoms with Crippen LogP contribution in [0.5, 0.6) is 0 Å². The number of rotatable bonds is 4. The molecule has 1 aliphatic carbocycles. The first kappa shape index (κ1) is 16.4. The van der Waals surface area contributed by atoms with Gasteiger partial charge in [0.25, 0.3) is 0 Å². The summed E-state index contributed by atoms with van der Waals surface area (Å²) in [6.45, 7) is 12.4. The van der Waals surface area contributed by atoms with Crippen molar-refractivity contribution in [1.82, 2.24) is 9.55 Å². The van der Waals surface area contributed by atoms with Crippen LogP contribution in [-0.2, 0) is 13.0 Å². The van der Waals surface area contributed by atoms with E-state index in [1.807, 2.05) is 0 Å². The highest BCUT2D eigenvalue weighted by molar-refractivity contribution is 5.41. The van der Waals surface area contributed by atoms with E-state index in [1.54, 1.807) is 0 Å². The average molecular weight is 291 g/mol. The molecule has 1 aromatic heterocycles. The molecule has 0 unspecified atom stereocenters. The molecule has 0 amide bonds. The third-order valence-corrected chi connectivity index (χ3v) is 5.24. The Bertz CT molecular complexity index is 460. The van der Waals surface area contributed by atoms with E-state index in [0.717, 1.165) is 31.1 Å². The molecule has 0 saturated heterocycles. The van der Waals surface area contributed by atoms with Gasteiger partial charge in [-0.1, -0.05) is 27.7 Å². The molecule has 1 aliphatic rings. The molecule has 3 nitrogen and oxygen atoms in total. The Kier molecular flexibility index (Phi) is 5.00. The number of aryl methyl sites for hydroxylation is 1. The minimum Gasteiger partial charge on any atom is -0.384 e. The number of nitrogens with two attached hydrogens (primary N) is 1. The summed E-state index contributed by atoms with van der Waals surface area (Å²) in [4.78, 5) is 4.92. The Hall–Kier alpha value is -0.990. The average Bonchev–Trinajstić information content (AvgIpc) is 2.74. The van der Waals surface area contributed by atoms with Crippen LogP contribution in [0.4, 0.5) is 5.82 Å². The highest BCUT2D eigenvalue weighted by Gasteiger charge is 2.32. The summed E-state index contributed by atoms with van der Waals surface area (Å²) in [5.41, 5.74) is 8.02. The quantitative estimate of drug-likeness (QED) is 0.869. The summed E-state index contributed by atoms with van der Waals surface area (Å²) in [7, 11) is 0. The van der Waals surface area contributed by atoms with Gasteiger partial charge in [0.15, 0.2) is 0 Å². The molecule has 21 heavy (non-hydrogen) atoms. The fourth-order valence-electron chi connectivity index (χ4n) is 3.83. The first-order valence-electron chi connectivity index (χ1n) is 8.73. The summed E-state index contributed by atoms with van der Waals surface area (Å²) >= 11 is 0. The van der Waals surface area contributed by atoms with Crippen LogP contribution in [0.1, 0.15) is 84.2 Å². The number of hydrogen-bond acceptors (Lipinski definition) is 2. The minimum atomic E-state index is 0.437. The van der Waals surface area contributed by atoms with Crippen molar-refractivity contribution in [2.45, 2.75) is 85.6 Å². The lowest BCUT2D eigenvalue weighted by molar-refractivity contribution is 0.168. The van der Waals surface area contributed by atoms with E-state index < -0.39 is 0 Å². The Morgan fingerprint density at radius 2 is 1.76 bits per heavy atom. The van der Waals surface area contributed by atoms with Crippen LogP contribution in [0.2, 0.25) is 0 Å². The molecular formula is C18H33N3. The maximum absolute atomic E-state index is 6.40. The number of nitrogen functional groups attached to an aromatic ring is 1. The number of aromatic nitrogens is 2. The molecule has 1 aromatic rings. The predicted molar refractivity (Wildman–Crippen MR) is 90.5 cm³/mol. The van der Waals surface area contributed by atoms with Crippen molar-refractivity contribution in [1.29, 1.82) is 0 Å². The molecule has 0 atom stereocenters. The lowest BCUT2D eigenvalue weighted by Gasteiger charge is -2.36. The third-order valence-electron chi connectivity index (χ3n) is 5.24. The van der Waals surface area contributed by atoms with E-state index >= 15 is 0 Å². The van der Waals surface area contributed by atoms with Gasteiger partial charge in [-0.25, -0.2) is 4.98 Å². The lowest BCUT2D eigenvalue weighted by atomic mass is 9.69. The minimum absolute atomic E-state index is 0.437. The number of nitrogens with zero attached hydrogens (tertiary/aromatic N) is 2. The molecule has 3 heteroatoms. The molecule has 120 valence electrons. The van der Waals surface area contributed by atoms with E-state index in [2.05, 4.69) is 39.2 Å². The van der Waals surface area contributed by atoms with Crippen LogP contribution in [0.25, 0.3) is 0 Å². The van der Waals surface area contributed by atoms with Gasteiger partial charge >= 0.3 is 0 Å². The maximum atomic E-state index is 6.40. The van der Waals surface area contributed by atoms with Gasteiger partial charge in [0.05, 0.1) is 5.69 Å². The zero-order chi connectivity index (χ0) is 15.6. The SMILES string of the molecule is CCCc1nc(C2CCC(C(C)(C)C)CC2)c(N)n1CC. The molecule has 2 rings (SSSR count). The Morgan fingerprint density at radius 3 is 2.24 bits per heavy atom. The van der Waals surface area contributed by atoms with Gasteiger partial charge in [0.1, 0.15) is 11.6 Å². The Labute approximate surface area is 130 Å². The second-order valence-electron chi connectivity index (χ2n) is 7.71. The normalized spacial score (nSPS) is 23.5. The van der Waals surface area contributed by atoms with Crippen LogP contribution < -0.4 is 5.73 Å². The van der Waals surface area contributed by atoms with E-state index in [4.69, 9.17) is 10.7 Å². The van der Waals surface area contributed by atoms with Crippen LogP contribution in [-0.4, -0.2) is 9.55 Å². The standard InChI is InChI=1S/C18H33N3/c1-6-8-15-20-16(17(19)21(15)7-2)13-9-11-14(12-10-13)18(3,4)5/h13-14H,6-12,19H2,1-5H3. The van der Waals surface area contributed by atoms with E-state index in [0.29, 0.717) is 11.3 Å². The molecule has 1 heterocycles. The highest BCUT2D eigenvalue weighted by Crippen LogP contribution is 2.44. The van der Waals surface area contributed by atoms with Crippen molar-refractivity contribution in [3.63, 3.8) is 0 Å². The van der Waals surface area contributed by atoms with Crippen molar-refractivity contribution < 1.29 is 0 Å². The number of anilines is 1. The van der Waals surface area contributed by atoms with Gasteiger partial charge in [-0.05, 0) is 50.4 Å². The van der Waals surface area contributed by atoms with Gasteiger partial charge in [-0.15, -0.1) is 0 Å². The van der Waals surface area contributed by atoms with Gasteiger partial charge in [-0.3, -0.25) is 0 Å². The fourth-order valence-corrected chi connectivity index (χ4v) is 3.83. The van der Waals surface area contributed by atoms with E-state index in [1.165, 1.54) is 37.2 Å². The monoisotopic (exact) mass is 291 g/mol. The third kappa shape index (κ3) is 3.44. The van der Waals surface area contributed by atoms with Crippen molar-refractivity contribution in [3.05, 3.63) is 11.5 Å². The topological polar surface area (TPSA) is 43.8 Å². The molecule has 0 aliphatic heterocycles. The van der Waals surface area contributed by atoms with E-state index in [9.17, 15) is 0 Å². The Balaban J connectivity index is 2.13. The van der Waals surface area contributed by atoms with Crippen LogP contribution >= 0.6 is 0 Å². The van der Waals surface area contributed by atoms with Gasteiger partial charge < -0.3 is 10.3 Å². The first-order chi connectivity index (χ1) is 9.88. The summed E-state index contributed by atoms with van der Waals surface area (Å²) in [6, 6.07) is 0. The second-order valence-corrected chi connectivity index (χ2v) is 7.71. The van der Waals surface area contributed by atoms with E-state index in [-0.39, 0.29) is 0 Å². The van der Waals surface area contributed by atoms with Crippen molar-refractivity contribution in [2.24, 2.45) is 11.3 Å². The summed E-state index contributed by atoms with van der Waals surface area (Å²) in [6.07, 6.45) is 7.30. The van der Waals surface area contributed by atoms with Gasteiger partial charge in [-0.2, -0.15) is 0 Å². The number of imidazole rings is 1. The predicted octanol–water partition coefficient (Wildman–Crippen LogP) is 4.76. The van der Waals surface area contributed by atoms with Crippen molar-refractivity contribution >= 4 is 5.82 Å². The van der Waals surface area contributed by atoms with Crippen molar-refractivity contribution in [3.8, 4) is 0 Å². The van der Waals surface area contributed by atoms with Crippen LogP contribution in [0.15, 0.2) is 0 Å². The van der Waals surface area contributed by atoms with Crippen molar-refractivity contribution in [2.75, 3.05) is 5.73 Å². The van der Waals surface area contributed by atoms with Crippen LogP contribution in [0, 0.1) is 11.3 Å². The zero-order valence-corrected chi connectivity index (χ0v) is 14.6. The molecular weight excluding hydrogens is 258 g/mol. The molecule has 0 bridgehead atoms. The zero-order valence-electron chi connectivity index (χ0n) is 14.6. The molecule has 1 fully saturated rings. The fraction of sp³-hybridized carbons (Fsp3) is 0.833. The molecule has 0 aromatic carbocycles. The summed E-state index contributed by atoms with van der Waals surface area (Å²) < 4.78 is 2.22. The smallest absolute Gasteiger partial charge is 0.127 e. The van der Waals surface area contributed by atoms with Crippen LogP contribution in [0.3, 0.4) is 0 Å². The maximum Gasteiger partial charge on any atom is 0.127 e. The van der Waals surface area contributed by atoms with Gasteiger partial charge in [0, 0.05) is 18.9 Å². The lowest BCUT2D eigenvalue weighted by Crippen LogP contribution is -2.25. The highest BCUT2D eigenvalue weighted by atomic mass is 15.1. The largest absolute Gasteiger partial charge is 0.384 e. The summed E-state index contributed by atoms with van der Waals surface area (Å²) in [5, 5.41) is 0. The molecule has 0 spiro atoms. The molecule has 2 N–H and O–H groups in total. The first-order valence-corrected chi connectivity index (χ1v) is 8.73.